The molecule has 0 aliphatic carbocycles. The van der Waals surface area contributed by atoms with Gasteiger partial charge in [0.05, 0.1) is 7.11 Å². The van der Waals surface area contributed by atoms with Gasteiger partial charge in [0.15, 0.2) is 0 Å². The van der Waals surface area contributed by atoms with Crippen molar-refractivity contribution < 1.29 is 17.9 Å². The van der Waals surface area contributed by atoms with Crippen molar-refractivity contribution in [1.82, 2.24) is 0 Å². The molecule has 1 N–H and O–H groups in total. The average Bonchev–Trinajstić information content (AvgIpc) is 2.89. The van der Waals surface area contributed by atoms with Crippen molar-refractivity contribution in [3.8, 4) is 5.75 Å². The van der Waals surface area contributed by atoms with Gasteiger partial charge in [-0.1, -0.05) is 0 Å². The summed E-state index contributed by atoms with van der Waals surface area (Å²) in [5.41, 5.74) is 2.02. The van der Waals surface area contributed by atoms with Crippen molar-refractivity contribution in [3.05, 3.63) is 46.4 Å². The molecular formula is C18H19BrN2O4S. The lowest BCUT2D eigenvalue weighted by Gasteiger charge is -2.21. The van der Waals surface area contributed by atoms with E-state index in [1.165, 1.54) is 6.92 Å². The van der Waals surface area contributed by atoms with Gasteiger partial charge in [-0.25, -0.2) is 8.42 Å². The number of ether oxygens (including phenoxy) is 1. The predicted molar refractivity (Wildman–Crippen MR) is 104 cm³/mol. The van der Waals surface area contributed by atoms with Crippen molar-refractivity contribution >= 4 is 43.2 Å². The van der Waals surface area contributed by atoms with Gasteiger partial charge in [0.25, 0.3) is 10.0 Å². The summed E-state index contributed by atoms with van der Waals surface area (Å²) in [5.74, 6) is 0.530. The number of amides is 1. The Balaban J connectivity index is 1.99. The lowest BCUT2D eigenvalue weighted by Crippen LogP contribution is -2.33. The quantitative estimate of drug-likeness (QED) is 0.791. The molecule has 1 aliphatic heterocycles. The van der Waals surface area contributed by atoms with Crippen LogP contribution >= 0.6 is 15.9 Å². The number of hydrogen-bond acceptors (Lipinski definition) is 4. The number of fused-ring (bicyclic) bond motifs is 1. The van der Waals surface area contributed by atoms with Crippen LogP contribution in [-0.4, -0.2) is 27.5 Å². The van der Waals surface area contributed by atoms with Crippen molar-refractivity contribution in [2.24, 2.45) is 0 Å². The first-order chi connectivity index (χ1) is 12.2. The number of anilines is 2. The Morgan fingerprint density at radius 3 is 2.50 bits per heavy atom. The number of carbonyl (C=O) groups is 1. The topological polar surface area (TPSA) is 75.7 Å². The molecule has 138 valence electrons. The van der Waals surface area contributed by atoms with Gasteiger partial charge in [-0.2, -0.15) is 0 Å². The van der Waals surface area contributed by atoms with Gasteiger partial charge < -0.3 is 9.64 Å². The molecule has 0 bridgehead atoms. The predicted octanol–water partition coefficient (Wildman–Crippen LogP) is 3.56. The summed E-state index contributed by atoms with van der Waals surface area (Å²) >= 11 is 3.36. The van der Waals surface area contributed by atoms with Crippen molar-refractivity contribution in [2.75, 3.05) is 16.7 Å². The van der Waals surface area contributed by atoms with E-state index in [-0.39, 0.29) is 16.8 Å². The van der Waals surface area contributed by atoms with E-state index in [0.29, 0.717) is 28.0 Å². The number of benzene rings is 2. The molecule has 1 unspecified atom stereocenters. The Morgan fingerprint density at radius 1 is 1.27 bits per heavy atom. The highest BCUT2D eigenvalue weighted by molar-refractivity contribution is 9.10. The van der Waals surface area contributed by atoms with Crippen LogP contribution in [0.2, 0.25) is 0 Å². The molecule has 26 heavy (non-hydrogen) atoms. The van der Waals surface area contributed by atoms with Crippen LogP contribution in [0.15, 0.2) is 45.8 Å². The van der Waals surface area contributed by atoms with Gasteiger partial charge in [0.1, 0.15) is 10.6 Å². The molecule has 0 saturated heterocycles. The molecule has 0 fully saturated rings. The third-order valence-electron chi connectivity index (χ3n) is 4.32. The minimum atomic E-state index is -3.83. The van der Waals surface area contributed by atoms with Crippen molar-refractivity contribution in [2.45, 2.75) is 31.2 Å². The highest BCUT2D eigenvalue weighted by Gasteiger charge is 2.32. The van der Waals surface area contributed by atoms with Crippen LogP contribution in [-0.2, 0) is 21.2 Å². The molecule has 8 heteroatoms. The molecule has 0 saturated carbocycles. The van der Waals surface area contributed by atoms with Gasteiger partial charge in [-0.3, -0.25) is 9.52 Å². The van der Waals surface area contributed by atoms with Gasteiger partial charge in [-0.05, 0) is 71.2 Å². The minimum Gasteiger partial charge on any atom is -0.497 e. The molecule has 1 atom stereocenters. The van der Waals surface area contributed by atoms with E-state index < -0.39 is 10.0 Å². The van der Waals surface area contributed by atoms with Crippen LogP contribution in [0.1, 0.15) is 19.4 Å². The van der Waals surface area contributed by atoms with Crippen LogP contribution < -0.4 is 14.4 Å². The fourth-order valence-corrected chi connectivity index (χ4v) is 5.34. The van der Waals surface area contributed by atoms with Gasteiger partial charge in [0.2, 0.25) is 5.91 Å². The van der Waals surface area contributed by atoms with E-state index >= 15 is 0 Å². The minimum absolute atomic E-state index is 0.00176. The van der Waals surface area contributed by atoms with Crippen LogP contribution in [0.25, 0.3) is 0 Å². The number of methoxy groups -OCH3 is 1. The highest BCUT2D eigenvalue weighted by Crippen LogP contribution is 2.38. The number of halogens is 1. The number of hydrogen-bond donors (Lipinski definition) is 1. The van der Waals surface area contributed by atoms with Crippen LogP contribution in [0.5, 0.6) is 5.75 Å². The molecule has 3 rings (SSSR count). The normalized spacial score (nSPS) is 16.3. The zero-order valence-electron chi connectivity index (χ0n) is 14.6. The summed E-state index contributed by atoms with van der Waals surface area (Å²) in [7, 11) is -2.28. The Bertz CT molecular complexity index is 958. The lowest BCUT2D eigenvalue weighted by molar-refractivity contribution is -0.116. The van der Waals surface area contributed by atoms with Crippen molar-refractivity contribution in [3.63, 3.8) is 0 Å². The Kier molecular flexibility index (Phi) is 4.98. The Labute approximate surface area is 161 Å². The number of nitrogens with zero attached hydrogens (tertiary/aromatic N) is 1. The van der Waals surface area contributed by atoms with E-state index in [2.05, 4.69) is 20.7 Å². The maximum Gasteiger partial charge on any atom is 0.263 e. The summed E-state index contributed by atoms with van der Waals surface area (Å²) in [6.45, 7) is 3.43. The molecule has 0 radical (unpaired) electrons. The van der Waals surface area contributed by atoms with Crippen LogP contribution in [0.3, 0.4) is 0 Å². The van der Waals surface area contributed by atoms with E-state index in [0.717, 1.165) is 5.56 Å². The van der Waals surface area contributed by atoms with Crippen LogP contribution in [0.4, 0.5) is 11.4 Å². The summed E-state index contributed by atoms with van der Waals surface area (Å²) in [4.78, 5) is 13.7. The van der Waals surface area contributed by atoms with Gasteiger partial charge in [-0.15, -0.1) is 0 Å². The average molecular weight is 439 g/mol. The third kappa shape index (κ3) is 3.43. The maximum atomic E-state index is 12.9. The maximum absolute atomic E-state index is 12.9. The van der Waals surface area contributed by atoms with E-state index in [9.17, 15) is 13.2 Å². The molecular weight excluding hydrogens is 420 g/mol. The smallest absolute Gasteiger partial charge is 0.263 e. The van der Waals surface area contributed by atoms with E-state index in [1.54, 1.807) is 48.4 Å². The second kappa shape index (κ2) is 6.92. The van der Waals surface area contributed by atoms with Gasteiger partial charge in [0, 0.05) is 28.8 Å². The summed E-state index contributed by atoms with van der Waals surface area (Å²) in [6.07, 6.45) is 0.694. The first-order valence-corrected chi connectivity index (χ1v) is 10.3. The van der Waals surface area contributed by atoms with E-state index in [4.69, 9.17) is 4.74 Å². The summed E-state index contributed by atoms with van der Waals surface area (Å²) in [6, 6.07) is 9.93. The largest absolute Gasteiger partial charge is 0.497 e. The highest BCUT2D eigenvalue weighted by atomic mass is 79.9. The standard InChI is InChI=1S/C18H19BrN2O4S/c1-11-8-13-9-16(19)18(10-17(13)21(11)12(2)22)26(23,24)20-14-4-6-15(25-3)7-5-14/h4-7,9-11,20H,8H2,1-3H3. The second-order valence-electron chi connectivity index (χ2n) is 6.19. The molecule has 2 aromatic rings. The Morgan fingerprint density at radius 2 is 1.92 bits per heavy atom. The lowest BCUT2D eigenvalue weighted by atomic mass is 10.1. The monoisotopic (exact) mass is 438 g/mol. The fraction of sp³-hybridized carbons (Fsp3) is 0.278. The van der Waals surface area contributed by atoms with E-state index in [1.807, 2.05) is 6.92 Å². The van der Waals surface area contributed by atoms with Crippen molar-refractivity contribution in [1.29, 1.82) is 0 Å². The summed E-state index contributed by atoms with van der Waals surface area (Å²) < 4.78 is 33.8. The SMILES string of the molecule is COc1ccc(NS(=O)(=O)c2cc3c(cc2Br)CC(C)N3C(C)=O)cc1. The zero-order chi connectivity index (χ0) is 19.1. The van der Waals surface area contributed by atoms with Crippen LogP contribution in [0, 0.1) is 0 Å². The first-order valence-electron chi connectivity index (χ1n) is 8.02. The molecule has 6 nitrogen and oxygen atoms in total. The molecule has 2 aromatic carbocycles. The number of carbonyl (C=O) groups excluding carboxylic acids is 1. The third-order valence-corrected chi connectivity index (χ3v) is 6.66. The fourth-order valence-electron chi connectivity index (χ4n) is 3.17. The summed E-state index contributed by atoms with van der Waals surface area (Å²) in [5, 5.41) is 0. The number of nitrogens with one attached hydrogen (secondary N) is 1. The first kappa shape index (κ1) is 18.7. The Hall–Kier alpha value is -2.06. The zero-order valence-corrected chi connectivity index (χ0v) is 17.0. The molecule has 0 aromatic heterocycles. The van der Waals surface area contributed by atoms with Gasteiger partial charge >= 0.3 is 0 Å². The second-order valence-corrected chi connectivity index (χ2v) is 8.69. The number of sulfonamides is 1. The molecule has 0 spiro atoms. The molecule has 1 heterocycles. The molecule has 1 aliphatic rings. The number of rotatable bonds is 4. The molecule has 1 amide bonds.